The summed E-state index contributed by atoms with van der Waals surface area (Å²) in [6.45, 7) is 0. The van der Waals surface area contributed by atoms with Gasteiger partial charge < -0.3 is 4.42 Å². The number of carbonyl (C=O) groups is 1. The van der Waals surface area contributed by atoms with Crippen LogP contribution in [0.2, 0.25) is 0 Å². The molecule has 1 fully saturated rings. The van der Waals surface area contributed by atoms with E-state index in [1.54, 1.807) is 0 Å². The summed E-state index contributed by atoms with van der Waals surface area (Å²) in [5.74, 6) is -0.0726. The Bertz CT molecular complexity index is 701. The number of thiazole rings is 1. The molecule has 3 rings (SSSR count). The zero-order valence-electron chi connectivity index (χ0n) is 9.57. The highest BCUT2D eigenvalue weighted by molar-refractivity contribution is 7.90. The van der Waals surface area contributed by atoms with Crippen molar-refractivity contribution in [2.24, 2.45) is 0 Å². The predicted molar refractivity (Wildman–Crippen MR) is 65.2 cm³/mol. The topological polar surface area (TPSA) is 102 Å². The Morgan fingerprint density at radius 3 is 2.89 bits per heavy atom. The van der Waals surface area contributed by atoms with Crippen LogP contribution in [0, 0.1) is 0 Å². The molecule has 2 heterocycles. The third-order valence-electron chi connectivity index (χ3n) is 2.59. The first-order valence-corrected chi connectivity index (χ1v) is 7.89. The van der Waals surface area contributed by atoms with Gasteiger partial charge in [-0.15, -0.1) is 11.3 Å². The van der Waals surface area contributed by atoms with Gasteiger partial charge in [0, 0.05) is 11.3 Å². The van der Waals surface area contributed by atoms with E-state index >= 15 is 0 Å². The van der Waals surface area contributed by atoms with Crippen molar-refractivity contribution in [3.8, 4) is 0 Å². The number of sulfonamides is 1. The highest BCUT2D eigenvalue weighted by Gasteiger charge is 2.30. The molecule has 1 saturated carbocycles. The second kappa shape index (κ2) is 4.42. The highest BCUT2D eigenvalue weighted by Crippen LogP contribution is 2.39. The van der Waals surface area contributed by atoms with E-state index < -0.39 is 15.9 Å². The number of nitrogens with one attached hydrogen (secondary N) is 1. The number of hydrogen-bond donors (Lipinski definition) is 1. The number of oxazole rings is 1. The van der Waals surface area contributed by atoms with E-state index in [-0.39, 0.29) is 16.6 Å². The van der Waals surface area contributed by atoms with Crippen LogP contribution in [0.3, 0.4) is 0 Å². The molecule has 0 spiro atoms. The van der Waals surface area contributed by atoms with Crippen molar-refractivity contribution < 1.29 is 17.6 Å². The van der Waals surface area contributed by atoms with E-state index in [0.29, 0.717) is 5.89 Å². The fourth-order valence-corrected chi connectivity index (χ4v) is 3.27. The van der Waals surface area contributed by atoms with Gasteiger partial charge in [-0.2, -0.15) is 8.42 Å². The molecule has 0 aromatic carbocycles. The van der Waals surface area contributed by atoms with Gasteiger partial charge in [0.15, 0.2) is 16.6 Å². The Labute approximate surface area is 112 Å². The predicted octanol–water partition coefficient (Wildman–Crippen LogP) is 1.13. The molecule has 0 bridgehead atoms. The van der Waals surface area contributed by atoms with E-state index in [1.807, 2.05) is 4.72 Å². The number of nitrogens with zero attached hydrogens (tertiary/aromatic N) is 2. The van der Waals surface area contributed by atoms with Gasteiger partial charge in [0.2, 0.25) is 0 Å². The van der Waals surface area contributed by atoms with Crippen LogP contribution in [-0.2, 0) is 10.0 Å². The van der Waals surface area contributed by atoms with Crippen LogP contribution in [0.4, 0.5) is 0 Å². The fraction of sp³-hybridized carbons (Fsp3) is 0.300. The summed E-state index contributed by atoms with van der Waals surface area (Å²) in [6, 6.07) is 0. The van der Waals surface area contributed by atoms with Gasteiger partial charge in [-0.25, -0.2) is 14.7 Å². The highest BCUT2D eigenvalue weighted by atomic mass is 32.2. The zero-order chi connectivity index (χ0) is 13.5. The van der Waals surface area contributed by atoms with Crippen LogP contribution in [0.25, 0.3) is 0 Å². The molecule has 2 aromatic rings. The number of carbonyl (C=O) groups excluding carboxylic acids is 1. The molecule has 0 aliphatic heterocycles. The Balaban J connectivity index is 1.77. The first kappa shape index (κ1) is 12.3. The van der Waals surface area contributed by atoms with Crippen molar-refractivity contribution in [1.29, 1.82) is 0 Å². The van der Waals surface area contributed by atoms with Crippen LogP contribution in [-0.4, -0.2) is 24.3 Å². The molecule has 100 valence electrons. The van der Waals surface area contributed by atoms with Crippen molar-refractivity contribution in [2.75, 3.05) is 0 Å². The van der Waals surface area contributed by atoms with Gasteiger partial charge in [0.1, 0.15) is 6.26 Å². The van der Waals surface area contributed by atoms with Crippen LogP contribution in [0.15, 0.2) is 26.6 Å². The normalized spacial score (nSPS) is 15.4. The Morgan fingerprint density at radius 1 is 1.47 bits per heavy atom. The van der Waals surface area contributed by atoms with Crippen LogP contribution in [0.5, 0.6) is 0 Å². The number of aromatic nitrogens is 2. The lowest BCUT2D eigenvalue weighted by atomic mass is 10.4. The lowest BCUT2D eigenvalue weighted by Gasteiger charge is -2.01. The lowest BCUT2D eigenvalue weighted by molar-refractivity contribution is 0.0976. The van der Waals surface area contributed by atoms with Gasteiger partial charge >= 0.3 is 0 Å². The quantitative estimate of drug-likeness (QED) is 0.907. The first-order valence-electron chi connectivity index (χ1n) is 5.47. The summed E-state index contributed by atoms with van der Waals surface area (Å²) in [7, 11) is -3.94. The largest absolute Gasteiger partial charge is 0.448 e. The smallest absolute Gasteiger partial charge is 0.286 e. The fourth-order valence-electron chi connectivity index (χ4n) is 1.47. The summed E-state index contributed by atoms with van der Waals surface area (Å²) in [5, 5.41) is 1.16. The molecule has 9 heteroatoms. The number of rotatable bonds is 4. The molecule has 1 N–H and O–H groups in total. The number of hydrogen-bond acceptors (Lipinski definition) is 7. The van der Waals surface area contributed by atoms with Crippen LogP contribution >= 0.6 is 11.3 Å². The zero-order valence-corrected chi connectivity index (χ0v) is 11.2. The third kappa shape index (κ3) is 2.51. The van der Waals surface area contributed by atoms with Crippen molar-refractivity contribution in [3.05, 3.63) is 28.7 Å². The van der Waals surface area contributed by atoms with Gasteiger partial charge in [-0.1, -0.05) is 0 Å². The molecule has 19 heavy (non-hydrogen) atoms. The van der Waals surface area contributed by atoms with Gasteiger partial charge in [-0.3, -0.25) is 4.79 Å². The van der Waals surface area contributed by atoms with Gasteiger partial charge in [0.25, 0.3) is 15.9 Å². The average molecular weight is 299 g/mol. The summed E-state index contributed by atoms with van der Waals surface area (Å²) < 4.78 is 30.6. The second-order valence-corrected chi connectivity index (χ2v) is 6.45. The van der Waals surface area contributed by atoms with E-state index in [1.165, 1.54) is 17.2 Å². The van der Waals surface area contributed by atoms with Crippen LogP contribution in [0.1, 0.15) is 35.1 Å². The molecular formula is C10H9N3O4S2. The monoisotopic (exact) mass is 299 g/mol. The maximum atomic E-state index is 11.8. The molecule has 0 radical (unpaired) electrons. The molecule has 0 atom stereocenters. The minimum atomic E-state index is -3.94. The Morgan fingerprint density at radius 2 is 2.26 bits per heavy atom. The van der Waals surface area contributed by atoms with E-state index in [0.717, 1.165) is 24.2 Å². The first-order chi connectivity index (χ1) is 9.06. The summed E-state index contributed by atoms with van der Waals surface area (Å²) >= 11 is 1.13. The molecule has 0 unspecified atom stereocenters. The molecule has 1 amide bonds. The van der Waals surface area contributed by atoms with Crippen molar-refractivity contribution in [2.45, 2.75) is 23.8 Å². The standard InChI is InChI=1S/C10H9N3O4S2/c14-9(7-3-17-10(12-7)6-1-2-6)13-19(15,16)8-4-18-5-11-8/h3-6H,1-2H2,(H,13,14). The molecule has 2 aromatic heterocycles. The van der Waals surface area contributed by atoms with Gasteiger partial charge in [0.05, 0.1) is 5.51 Å². The molecule has 0 saturated heterocycles. The second-order valence-electron chi connectivity index (χ2n) is 4.11. The van der Waals surface area contributed by atoms with Gasteiger partial charge in [-0.05, 0) is 12.8 Å². The Kier molecular flexibility index (Phi) is 2.86. The number of amides is 1. The van der Waals surface area contributed by atoms with Crippen LogP contribution < -0.4 is 4.72 Å². The minimum Gasteiger partial charge on any atom is -0.448 e. The van der Waals surface area contributed by atoms with Crippen molar-refractivity contribution in [1.82, 2.24) is 14.7 Å². The third-order valence-corrected chi connectivity index (χ3v) is 4.56. The van der Waals surface area contributed by atoms with E-state index in [4.69, 9.17) is 4.42 Å². The van der Waals surface area contributed by atoms with E-state index in [2.05, 4.69) is 9.97 Å². The Hall–Kier alpha value is -1.74. The SMILES string of the molecule is O=C(NS(=O)(=O)c1cscn1)c1coc(C2CC2)n1. The summed E-state index contributed by atoms with van der Waals surface area (Å²) in [4.78, 5) is 19.4. The summed E-state index contributed by atoms with van der Waals surface area (Å²) in [6.07, 6.45) is 3.14. The van der Waals surface area contributed by atoms with Crippen molar-refractivity contribution >= 4 is 27.3 Å². The minimum absolute atomic E-state index is 0.0410. The van der Waals surface area contributed by atoms with Crippen molar-refractivity contribution in [3.63, 3.8) is 0 Å². The molecule has 7 nitrogen and oxygen atoms in total. The average Bonchev–Trinajstić information content (AvgIpc) is 2.90. The maximum Gasteiger partial charge on any atom is 0.286 e. The molecule has 1 aliphatic rings. The molecular weight excluding hydrogens is 290 g/mol. The molecule has 1 aliphatic carbocycles. The van der Waals surface area contributed by atoms with E-state index in [9.17, 15) is 13.2 Å². The lowest BCUT2D eigenvalue weighted by Crippen LogP contribution is -2.31. The maximum absolute atomic E-state index is 11.8. The summed E-state index contributed by atoms with van der Waals surface area (Å²) in [5.41, 5.74) is 1.33.